The van der Waals surface area contributed by atoms with E-state index in [2.05, 4.69) is 37.5 Å². The largest absolute Gasteiger partial charge is 0.271 e. The molecule has 2 rings (SSSR count). The van der Waals surface area contributed by atoms with Crippen LogP contribution in [0, 0.1) is 13.8 Å². The van der Waals surface area contributed by atoms with E-state index in [4.69, 9.17) is 17.4 Å². The maximum absolute atomic E-state index is 6.18. The Labute approximate surface area is 129 Å². The summed E-state index contributed by atoms with van der Waals surface area (Å²) in [5.74, 6) is 6.57. The van der Waals surface area contributed by atoms with Crippen molar-refractivity contribution < 1.29 is 0 Å². The van der Waals surface area contributed by atoms with E-state index in [1.807, 2.05) is 24.3 Å². The molecule has 106 valence electrons. The zero-order valence-electron chi connectivity index (χ0n) is 11.7. The van der Waals surface area contributed by atoms with Gasteiger partial charge in [0.15, 0.2) is 0 Å². The van der Waals surface area contributed by atoms with Gasteiger partial charge in [-0.1, -0.05) is 41.9 Å². The minimum Gasteiger partial charge on any atom is -0.271 e. The smallest absolute Gasteiger partial charge is 0.0556 e. The molecule has 0 fully saturated rings. The summed E-state index contributed by atoms with van der Waals surface area (Å²) in [5.41, 5.74) is 6.72. The van der Waals surface area contributed by atoms with Crippen molar-refractivity contribution in [1.29, 1.82) is 0 Å². The van der Waals surface area contributed by atoms with Crippen molar-refractivity contribution >= 4 is 23.4 Å². The van der Waals surface area contributed by atoms with E-state index in [0.717, 1.165) is 15.7 Å². The van der Waals surface area contributed by atoms with Crippen molar-refractivity contribution in [3.05, 3.63) is 64.2 Å². The fourth-order valence-electron chi connectivity index (χ4n) is 2.11. The molecule has 0 saturated heterocycles. The minimum absolute atomic E-state index is 0.108. The molecule has 0 aromatic heterocycles. The molecule has 3 N–H and O–H groups in total. The highest BCUT2D eigenvalue weighted by Gasteiger charge is 2.14. The third-order valence-corrected chi connectivity index (χ3v) is 5.07. The van der Waals surface area contributed by atoms with E-state index >= 15 is 0 Å². The third kappa shape index (κ3) is 3.55. The maximum atomic E-state index is 6.18. The van der Waals surface area contributed by atoms with Gasteiger partial charge in [0.2, 0.25) is 0 Å². The van der Waals surface area contributed by atoms with Crippen LogP contribution in [-0.2, 0) is 0 Å². The van der Waals surface area contributed by atoms with E-state index in [1.54, 1.807) is 11.8 Å². The van der Waals surface area contributed by atoms with Gasteiger partial charge in [0, 0.05) is 10.6 Å². The Bertz CT molecular complexity index is 586. The molecule has 0 heterocycles. The molecular weight excluding hydrogens is 288 g/mol. The molecule has 4 heteroatoms. The van der Waals surface area contributed by atoms with Crippen molar-refractivity contribution in [3.63, 3.8) is 0 Å². The highest BCUT2D eigenvalue weighted by molar-refractivity contribution is 7.99. The van der Waals surface area contributed by atoms with Crippen LogP contribution in [0.4, 0.5) is 0 Å². The molecule has 0 aliphatic rings. The Morgan fingerprint density at radius 1 is 1.15 bits per heavy atom. The van der Waals surface area contributed by atoms with Gasteiger partial charge in [-0.2, -0.15) is 0 Å². The molecule has 1 atom stereocenters. The second-order valence-corrected chi connectivity index (χ2v) is 6.22. The molecule has 0 bridgehead atoms. The maximum Gasteiger partial charge on any atom is 0.0556 e. The van der Waals surface area contributed by atoms with E-state index in [-0.39, 0.29) is 6.04 Å². The van der Waals surface area contributed by atoms with E-state index in [1.165, 1.54) is 16.7 Å². The van der Waals surface area contributed by atoms with E-state index < -0.39 is 0 Å². The third-order valence-electron chi connectivity index (χ3n) is 3.47. The number of halogens is 1. The number of nitrogens with two attached hydrogens (primary N) is 1. The zero-order chi connectivity index (χ0) is 14.5. The first-order valence-corrected chi connectivity index (χ1v) is 7.89. The van der Waals surface area contributed by atoms with Gasteiger partial charge in [0.05, 0.1) is 11.1 Å². The van der Waals surface area contributed by atoms with Crippen LogP contribution in [0.25, 0.3) is 0 Å². The normalized spacial score (nSPS) is 12.4. The molecule has 0 saturated carbocycles. The predicted octanol–water partition coefficient (Wildman–Crippen LogP) is 4.25. The average molecular weight is 307 g/mol. The van der Waals surface area contributed by atoms with Gasteiger partial charge in [-0.3, -0.25) is 11.3 Å². The second kappa shape index (κ2) is 7.14. The fourth-order valence-corrected chi connectivity index (χ4v) is 3.42. The van der Waals surface area contributed by atoms with E-state index in [0.29, 0.717) is 0 Å². The van der Waals surface area contributed by atoms with Crippen LogP contribution in [0.5, 0.6) is 0 Å². The summed E-state index contributed by atoms with van der Waals surface area (Å²) >= 11 is 7.90. The van der Waals surface area contributed by atoms with Crippen molar-refractivity contribution in [3.8, 4) is 0 Å². The van der Waals surface area contributed by atoms with E-state index in [9.17, 15) is 0 Å². The molecule has 2 aromatic carbocycles. The van der Waals surface area contributed by atoms with Crippen molar-refractivity contribution in [2.24, 2.45) is 5.84 Å². The Morgan fingerprint density at radius 3 is 2.60 bits per heavy atom. The van der Waals surface area contributed by atoms with Crippen LogP contribution in [-0.4, -0.2) is 5.75 Å². The summed E-state index contributed by atoms with van der Waals surface area (Å²) in [7, 11) is 0. The quantitative estimate of drug-likeness (QED) is 0.492. The molecule has 0 aliphatic heterocycles. The van der Waals surface area contributed by atoms with Gasteiger partial charge < -0.3 is 0 Å². The molecular formula is C16H19ClN2S. The number of thioether (sulfide) groups is 1. The molecule has 0 radical (unpaired) electrons. The number of nitrogens with one attached hydrogen (secondary N) is 1. The summed E-state index contributed by atoms with van der Waals surface area (Å²) in [6.07, 6.45) is 0. The Kier molecular flexibility index (Phi) is 5.49. The van der Waals surface area contributed by atoms with Crippen LogP contribution < -0.4 is 11.3 Å². The lowest BCUT2D eigenvalue weighted by atomic mass is 9.99. The number of benzene rings is 2. The highest BCUT2D eigenvalue weighted by atomic mass is 35.5. The summed E-state index contributed by atoms with van der Waals surface area (Å²) in [4.78, 5) is 1.08. The van der Waals surface area contributed by atoms with Gasteiger partial charge >= 0.3 is 0 Å². The molecule has 0 spiro atoms. The molecule has 20 heavy (non-hydrogen) atoms. The molecule has 0 amide bonds. The molecule has 2 aromatic rings. The first kappa shape index (κ1) is 15.4. The van der Waals surface area contributed by atoms with Gasteiger partial charge in [0.1, 0.15) is 0 Å². The number of hydrogen-bond donors (Lipinski definition) is 2. The summed E-state index contributed by atoms with van der Waals surface area (Å²) < 4.78 is 0. The topological polar surface area (TPSA) is 38.0 Å². The SMILES string of the molecule is Cc1cccc(C(CSc2ccccc2Cl)NN)c1C. The Balaban J connectivity index is 2.14. The number of aryl methyl sites for hydroxylation is 1. The van der Waals surface area contributed by atoms with Gasteiger partial charge in [-0.15, -0.1) is 11.8 Å². The van der Waals surface area contributed by atoms with Crippen LogP contribution >= 0.6 is 23.4 Å². The standard InChI is InChI=1S/C16H19ClN2S/c1-11-6-5-7-13(12(11)2)15(19-18)10-20-16-9-4-3-8-14(16)17/h3-9,15,19H,10,18H2,1-2H3. The zero-order valence-corrected chi connectivity index (χ0v) is 13.3. The molecule has 1 unspecified atom stereocenters. The van der Waals surface area contributed by atoms with Gasteiger partial charge in [-0.05, 0) is 42.7 Å². The Morgan fingerprint density at radius 2 is 1.90 bits per heavy atom. The van der Waals surface area contributed by atoms with Crippen LogP contribution in [0.3, 0.4) is 0 Å². The fraction of sp³-hybridized carbons (Fsp3) is 0.250. The number of hydrogen-bond acceptors (Lipinski definition) is 3. The summed E-state index contributed by atoms with van der Waals surface area (Å²) in [5, 5.41) is 0.786. The van der Waals surface area contributed by atoms with Crippen LogP contribution in [0.15, 0.2) is 47.4 Å². The van der Waals surface area contributed by atoms with Gasteiger partial charge in [0.25, 0.3) is 0 Å². The summed E-state index contributed by atoms with van der Waals surface area (Å²) in [6.45, 7) is 4.25. The lowest BCUT2D eigenvalue weighted by molar-refractivity contribution is 0.607. The van der Waals surface area contributed by atoms with Crippen LogP contribution in [0.2, 0.25) is 5.02 Å². The van der Waals surface area contributed by atoms with Gasteiger partial charge in [-0.25, -0.2) is 0 Å². The monoisotopic (exact) mass is 306 g/mol. The Hall–Kier alpha value is -1.00. The minimum atomic E-state index is 0.108. The molecule has 2 nitrogen and oxygen atoms in total. The second-order valence-electron chi connectivity index (χ2n) is 4.75. The predicted molar refractivity (Wildman–Crippen MR) is 88.2 cm³/mol. The summed E-state index contributed by atoms with van der Waals surface area (Å²) in [6, 6.07) is 14.3. The van der Waals surface area contributed by atoms with Crippen molar-refractivity contribution in [1.82, 2.24) is 5.43 Å². The van der Waals surface area contributed by atoms with Crippen LogP contribution in [0.1, 0.15) is 22.7 Å². The van der Waals surface area contributed by atoms with Crippen molar-refractivity contribution in [2.45, 2.75) is 24.8 Å². The first-order valence-electron chi connectivity index (χ1n) is 6.53. The lowest BCUT2D eigenvalue weighted by Gasteiger charge is -2.19. The highest BCUT2D eigenvalue weighted by Crippen LogP contribution is 2.31. The van der Waals surface area contributed by atoms with Crippen molar-refractivity contribution in [2.75, 3.05) is 5.75 Å². The lowest BCUT2D eigenvalue weighted by Crippen LogP contribution is -2.30. The molecule has 0 aliphatic carbocycles. The first-order chi connectivity index (χ1) is 9.63. The number of rotatable bonds is 5. The average Bonchev–Trinajstić information content (AvgIpc) is 2.45. The number of hydrazine groups is 1.